The van der Waals surface area contributed by atoms with E-state index < -0.39 is 0 Å². The van der Waals surface area contributed by atoms with Crippen LogP contribution in [-0.4, -0.2) is 61.3 Å². The maximum Gasteiger partial charge on any atom is 0.132 e. The quantitative estimate of drug-likeness (QED) is 0.728. The maximum absolute atomic E-state index is 5.08. The van der Waals surface area contributed by atoms with Crippen LogP contribution in [0.15, 0.2) is 12.3 Å². The number of methoxy groups -OCH3 is 1. The predicted octanol–water partition coefficient (Wildman–Crippen LogP) is 0.944. The summed E-state index contributed by atoms with van der Waals surface area (Å²) in [5, 5.41) is 0. The Kier molecular flexibility index (Phi) is 4.90. The average molecular weight is 250 g/mol. The highest BCUT2D eigenvalue weighted by Gasteiger charge is 2.17. The van der Waals surface area contributed by atoms with Crippen LogP contribution in [0.5, 0.6) is 0 Å². The van der Waals surface area contributed by atoms with Crippen molar-refractivity contribution in [1.82, 2.24) is 14.9 Å². The van der Waals surface area contributed by atoms with Crippen molar-refractivity contribution in [3.05, 3.63) is 18.1 Å². The van der Waals surface area contributed by atoms with E-state index in [9.17, 15) is 0 Å². The molecule has 0 aliphatic carbocycles. The Bertz CT molecular complexity index is 364. The van der Waals surface area contributed by atoms with Crippen LogP contribution in [0, 0.1) is 6.92 Å². The minimum atomic E-state index is 0.843. The summed E-state index contributed by atoms with van der Waals surface area (Å²) >= 11 is 0. The zero-order valence-corrected chi connectivity index (χ0v) is 11.3. The van der Waals surface area contributed by atoms with Gasteiger partial charge in [0.1, 0.15) is 11.6 Å². The van der Waals surface area contributed by atoms with Crippen molar-refractivity contribution < 1.29 is 4.74 Å². The fourth-order valence-electron chi connectivity index (χ4n) is 2.25. The number of piperazine rings is 1. The number of hydrogen-bond donors (Lipinski definition) is 0. The summed E-state index contributed by atoms with van der Waals surface area (Å²) in [6.45, 7) is 8.21. The zero-order chi connectivity index (χ0) is 12.8. The first kappa shape index (κ1) is 13.2. The van der Waals surface area contributed by atoms with Crippen LogP contribution in [0.4, 0.5) is 5.82 Å². The van der Waals surface area contributed by atoms with Gasteiger partial charge < -0.3 is 9.64 Å². The van der Waals surface area contributed by atoms with Gasteiger partial charge in [0.05, 0.1) is 0 Å². The summed E-state index contributed by atoms with van der Waals surface area (Å²) in [6.07, 6.45) is 2.95. The first-order valence-electron chi connectivity index (χ1n) is 6.55. The monoisotopic (exact) mass is 250 g/mol. The molecule has 0 aromatic carbocycles. The second-order valence-electron chi connectivity index (χ2n) is 4.64. The lowest BCUT2D eigenvalue weighted by atomic mass is 10.3. The molecular weight excluding hydrogens is 228 g/mol. The van der Waals surface area contributed by atoms with Gasteiger partial charge in [-0.2, -0.15) is 0 Å². The van der Waals surface area contributed by atoms with E-state index in [1.807, 2.05) is 19.2 Å². The number of aryl methyl sites for hydroxylation is 1. The molecule has 1 saturated heterocycles. The topological polar surface area (TPSA) is 41.5 Å². The zero-order valence-electron chi connectivity index (χ0n) is 11.3. The number of anilines is 1. The van der Waals surface area contributed by atoms with Gasteiger partial charge in [-0.1, -0.05) is 0 Å². The summed E-state index contributed by atoms with van der Waals surface area (Å²) < 4.78 is 5.08. The smallest absolute Gasteiger partial charge is 0.132 e. The molecule has 1 aliphatic rings. The highest BCUT2D eigenvalue weighted by molar-refractivity contribution is 5.37. The Balaban J connectivity index is 1.79. The van der Waals surface area contributed by atoms with Crippen molar-refractivity contribution in [2.24, 2.45) is 0 Å². The molecule has 5 nitrogen and oxygen atoms in total. The van der Waals surface area contributed by atoms with E-state index in [2.05, 4.69) is 19.8 Å². The Morgan fingerprint density at radius 2 is 2.06 bits per heavy atom. The fraction of sp³-hybridized carbons (Fsp3) is 0.692. The molecule has 0 saturated carbocycles. The molecule has 2 heterocycles. The third-order valence-electron chi connectivity index (χ3n) is 3.28. The van der Waals surface area contributed by atoms with E-state index in [1.54, 1.807) is 7.11 Å². The molecule has 18 heavy (non-hydrogen) atoms. The minimum absolute atomic E-state index is 0.843. The van der Waals surface area contributed by atoms with Crippen LogP contribution in [0.3, 0.4) is 0 Å². The molecule has 100 valence electrons. The van der Waals surface area contributed by atoms with Gasteiger partial charge in [0.25, 0.3) is 0 Å². The lowest BCUT2D eigenvalue weighted by Crippen LogP contribution is -2.47. The summed E-state index contributed by atoms with van der Waals surface area (Å²) in [6, 6.07) is 1.99. The molecule has 0 spiro atoms. The molecule has 1 aliphatic heterocycles. The molecule has 1 fully saturated rings. The van der Waals surface area contributed by atoms with Gasteiger partial charge in [0.2, 0.25) is 0 Å². The molecule has 0 radical (unpaired) electrons. The molecule has 0 N–H and O–H groups in total. The summed E-state index contributed by atoms with van der Waals surface area (Å²) in [5.41, 5.74) is 0. The molecule has 2 rings (SSSR count). The molecular formula is C13H22N4O. The van der Waals surface area contributed by atoms with Crippen molar-refractivity contribution in [3.63, 3.8) is 0 Å². The van der Waals surface area contributed by atoms with Crippen molar-refractivity contribution >= 4 is 5.82 Å². The summed E-state index contributed by atoms with van der Waals surface area (Å²) in [7, 11) is 1.76. The van der Waals surface area contributed by atoms with Gasteiger partial charge in [0, 0.05) is 52.6 Å². The summed E-state index contributed by atoms with van der Waals surface area (Å²) in [4.78, 5) is 13.4. The van der Waals surface area contributed by atoms with Gasteiger partial charge in [0.15, 0.2) is 0 Å². The highest BCUT2D eigenvalue weighted by Crippen LogP contribution is 2.12. The Morgan fingerprint density at radius 1 is 1.28 bits per heavy atom. The van der Waals surface area contributed by atoms with Gasteiger partial charge in [-0.3, -0.25) is 4.90 Å². The van der Waals surface area contributed by atoms with Crippen LogP contribution in [-0.2, 0) is 4.74 Å². The van der Waals surface area contributed by atoms with E-state index in [0.717, 1.165) is 57.4 Å². The number of nitrogens with zero attached hydrogens (tertiary/aromatic N) is 4. The van der Waals surface area contributed by atoms with Gasteiger partial charge >= 0.3 is 0 Å². The third-order valence-corrected chi connectivity index (χ3v) is 3.28. The maximum atomic E-state index is 5.08. The molecule has 0 amide bonds. The molecule has 0 atom stereocenters. The average Bonchev–Trinajstić information content (AvgIpc) is 2.40. The molecule has 0 unspecified atom stereocenters. The van der Waals surface area contributed by atoms with E-state index in [4.69, 9.17) is 4.74 Å². The van der Waals surface area contributed by atoms with Gasteiger partial charge in [-0.15, -0.1) is 0 Å². The van der Waals surface area contributed by atoms with Crippen LogP contribution in [0.25, 0.3) is 0 Å². The number of rotatable bonds is 5. The Morgan fingerprint density at radius 3 is 2.72 bits per heavy atom. The standard InChI is InChI=1S/C13H22N4O/c1-12-14-5-4-13(15-12)17-9-7-16(8-10-17)6-3-11-18-2/h4-5H,3,6-11H2,1-2H3. The predicted molar refractivity (Wildman–Crippen MR) is 71.9 cm³/mol. The molecule has 5 heteroatoms. The van der Waals surface area contributed by atoms with E-state index in [-0.39, 0.29) is 0 Å². The Hall–Kier alpha value is -1.20. The second-order valence-corrected chi connectivity index (χ2v) is 4.64. The van der Waals surface area contributed by atoms with Gasteiger partial charge in [-0.25, -0.2) is 9.97 Å². The highest BCUT2D eigenvalue weighted by atomic mass is 16.5. The first-order chi connectivity index (χ1) is 8.79. The normalized spacial score (nSPS) is 17.1. The fourth-order valence-corrected chi connectivity index (χ4v) is 2.25. The van der Waals surface area contributed by atoms with Crippen LogP contribution < -0.4 is 4.90 Å². The lowest BCUT2D eigenvalue weighted by Gasteiger charge is -2.35. The summed E-state index contributed by atoms with van der Waals surface area (Å²) in [5.74, 6) is 1.90. The van der Waals surface area contributed by atoms with Crippen LogP contribution in [0.2, 0.25) is 0 Å². The second kappa shape index (κ2) is 6.66. The van der Waals surface area contributed by atoms with Crippen molar-refractivity contribution in [1.29, 1.82) is 0 Å². The molecule has 0 bridgehead atoms. The number of hydrogen-bond acceptors (Lipinski definition) is 5. The third kappa shape index (κ3) is 3.65. The number of ether oxygens (including phenoxy) is 1. The van der Waals surface area contributed by atoms with Crippen molar-refractivity contribution in [2.45, 2.75) is 13.3 Å². The molecule has 1 aromatic rings. The van der Waals surface area contributed by atoms with E-state index >= 15 is 0 Å². The number of aromatic nitrogens is 2. The van der Waals surface area contributed by atoms with Crippen LogP contribution in [0.1, 0.15) is 12.2 Å². The van der Waals surface area contributed by atoms with Crippen molar-refractivity contribution in [3.8, 4) is 0 Å². The molecule has 1 aromatic heterocycles. The van der Waals surface area contributed by atoms with E-state index in [1.165, 1.54) is 0 Å². The Labute approximate surface area is 109 Å². The lowest BCUT2D eigenvalue weighted by molar-refractivity contribution is 0.169. The van der Waals surface area contributed by atoms with E-state index in [0.29, 0.717) is 0 Å². The van der Waals surface area contributed by atoms with Crippen LogP contribution >= 0.6 is 0 Å². The largest absolute Gasteiger partial charge is 0.385 e. The van der Waals surface area contributed by atoms with Crippen molar-refractivity contribution in [2.75, 3.05) is 51.3 Å². The first-order valence-corrected chi connectivity index (χ1v) is 6.55. The minimum Gasteiger partial charge on any atom is -0.385 e. The van der Waals surface area contributed by atoms with Gasteiger partial charge in [-0.05, 0) is 19.4 Å². The SMILES string of the molecule is COCCCN1CCN(c2ccnc(C)n2)CC1.